The number of ether oxygens (including phenoxy) is 2. The van der Waals surface area contributed by atoms with E-state index >= 15 is 0 Å². The Hall–Kier alpha value is -0.590. The van der Waals surface area contributed by atoms with E-state index in [0.29, 0.717) is 14.5 Å². The summed E-state index contributed by atoms with van der Waals surface area (Å²) in [6, 6.07) is 3.03. The molecule has 0 fully saturated rings. The van der Waals surface area contributed by atoms with Crippen molar-refractivity contribution in [3.8, 4) is 5.75 Å². The highest BCUT2D eigenvalue weighted by atomic mass is 79.9. The van der Waals surface area contributed by atoms with Gasteiger partial charge in [-0.15, -0.1) is 11.6 Å². The van der Waals surface area contributed by atoms with Crippen molar-refractivity contribution >= 4 is 55.4 Å². The van der Waals surface area contributed by atoms with E-state index in [1.165, 1.54) is 12.1 Å². The lowest BCUT2D eigenvalue weighted by Gasteiger charge is -2.09. The summed E-state index contributed by atoms with van der Waals surface area (Å²) < 4.78 is 10.8. The molecule has 1 rings (SSSR count). The second kappa shape index (κ2) is 7.11. The van der Waals surface area contributed by atoms with Crippen molar-refractivity contribution in [1.29, 1.82) is 0 Å². The summed E-state index contributed by atoms with van der Waals surface area (Å²) in [5, 5.41) is 0. The zero-order chi connectivity index (χ0) is 13.7. The van der Waals surface area contributed by atoms with Crippen molar-refractivity contribution in [1.82, 2.24) is 0 Å². The van der Waals surface area contributed by atoms with Crippen molar-refractivity contribution in [2.24, 2.45) is 0 Å². The second-order valence-electron chi connectivity index (χ2n) is 3.10. The Morgan fingerprint density at radius 2 is 1.83 bits per heavy atom. The van der Waals surface area contributed by atoms with Gasteiger partial charge in [0.1, 0.15) is 5.88 Å². The summed E-state index contributed by atoms with van der Waals surface area (Å²) in [6.07, 6.45) is 0. The number of benzene rings is 1. The molecule has 0 N–H and O–H groups in total. The van der Waals surface area contributed by atoms with E-state index in [1.807, 2.05) is 0 Å². The number of rotatable bonds is 4. The molecule has 0 heterocycles. The number of halogens is 3. The fourth-order valence-electron chi connectivity index (χ4n) is 1.13. The van der Waals surface area contributed by atoms with Gasteiger partial charge >= 0.3 is 11.9 Å². The lowest BCUT2D eigenvalue weighted by molar-refractivity contribution is -0.131. The zero-order valence-corrected chi connectivity index (χ0v) is 13.3. The van der Waals surface area contributed by atoms with Crippen molar-refractivity contribution in [2.45, 2.75) is 6.92 Å². The highest BCUT2D eigenvalue weighted by Crippen LogP contribution is 2.35. The Morgan fingerprint density at radius 1 is 1.28 bits per heavy atom. The summed E-state index contributed by atoms with van der Waals surface area (Å²) in [5.74, 6) is -1.01. The Morgan fingerprint density at radius 3 is 2.28 bits per heavy atom. The van der Waals surface area contributed by atoms with Crippen molar-refractivity contribution in [2.75, 3.05) is 12.5 Å². The van der Waals surface area contributed by atoms with Gasteiger partial charge in [-0.2, -0.15) is 0 Å². The van der Waals surface area contributed by atoms with E-state index in [0.717, 1.165) is 0 Å². The lowest BCUT2D eigenvalue weighted by atomic mass is 10.2. The summed E-state index contributed by atoms with van der Waals surface area (Å²) in [4.78, 5) is 22.7. The maximum Gasteiger partial charge on any atom is 0.338 e. The molecule has 0 aliphatic carbocycles. The minimum atomic E-state index is -0.582. The number of hydrogen-bond acceptors (Lipinski definition) is 4. The van der Waals surface area contributed by atoms with Crippen LogP contribution in [-0.4, -0.2) is 24.4 Å². The van der Waals surface area contributed by atoms with Crippen LogP contribution in [0.3, 0.4) is 0 Å². The number of hydrogen-bond donors (Lipinski definition) is 0. The molecular formula is C11H9Br2ClO4. The average molecular weight is 400 g/mol. The molecule has 0 saturated carbocycles. The third kappa shape index (κ3) is 3.96. The Kier molecular flexibility index (Phi) is 6.11. The molecule has 4 nitrogen and oxygen atoms in total. The zero-order valence-electron chi connectivity index (χ0n) is 9.34. The monoisotopic (exact) mass is 398 g/mol. The third-order valence-electron chi connectivity index (χ3n) is 1.83. The van der Waals surface area contributed by atoms with Crippen LogP contribution in [0.4, 0.5) is 0 Å². The molecule has 1 aromatic carbocycles. The van der Waals surface area contributed by atoms with Gasteiger partial charge in [-0.05, 0) is 50.9 Å². The smallest absolute Gasteiger partial charge is 0.338 e. The Balaban J connectivity index is 3.04. The van der Waals surface area contributed by atoms with E-state index < -0.39 is 11.9 Å². The van der Waals surface area contributed by atoms with E-state index in [2.05, 4.69) is 31.9 Å². The minimum absolute atomic E-state index is 0.251. The van der Waals surface area contributed by atoms with Crippen LogP contribution in [-0.2, 0) is 9.53 Å². The molecule has 0 amide bonds. The molecular weight excluding hydrogens is 391 g/mol. The van der Waals surface area contributed by atoms with E-state index in [4.69, 9.17) is 21.1 Å². The van der Waals surface area contributed by atoms with Crippen LogP contribution < -0.4 is 4.74 Å². The van der Waals surface area contributed by atoms with Gasteiger partial charge in [0.25, 0.3) is 0 Å². The molecule has 98 valence electrons. The number of alkyl halides is 1. The molecule has 0 aromatic heterocycles. The summed E-state index contributed by atoms with van der Waals surface area (Å²) in [5.41, 5.74) is 0.348. The van der Waals surface area contributed by atoms with Gasteiger partial charge in [-0.1, -0.05) is 0 Å². The second-order valence-corrected chi connectivity index (χ2v) is 5.07. The SMILES string of the molecule is CCOC(=O)c1cc(Br)c(OC(=O)CCl)c(Br)c1. The molecule has 1 aromatic rings. The van der Waals surface area contributed by atoms with Crippen molar-refractivity contribution < 1.29 is 19.1 Å². The first-order valence-corrected chi connectivity index (χ1v) is 7.04. The normalized spacial score (nSPS) is 10.0. The van der Waals surface area contributed by atoms with E-state index in [-0.39, 0.29) is 18.2 Å². The Bertz CT molecular complexity index is 453. The molecule has 0 saturated heterocycles. The molecule has 0 aliphatic heterocycles. The van der Waals surface area contributed by atoms with Crippen LogP contribution in [0.5, 0.6) is 5.75 Å². The van der Waals surface area contributed by atoms with Crippen LogP contribution in [0.2, 0.25) is 0 Å². The van der Waals surface area contributed by atoms with Crippen LogP contribution >= 0.6 is 43.5 Å². The Labute approximate surface area is 126 Å². The molecule has 0 spiro atoms. The number of carbonyl (C=O) groups is 2. The highest BCUT2D eigenvalue weighted by molar-refractivity contribution is 9.11. The summed E-state index contributed by atoms with van der Waals surface area (Å²) in [6.45, 7) is 2.01. The first-order chi connectivity index (χ1) is 8.49. The number of esters is 2. The van der Waals surface area contributed by atoms with Gasteiger partial charge in [-0.25, -0.2) is 4.79 Å². The quantitative estimate of drug-likeness (QED) is 0.441. The molecule has 0 unspecified atom stereocenters. The highest BCUT2D eigenvalue weighted by Gasteiger charge is 2.16. The summed E-state index contributed by atoms with van der Waals surface area (Å²) >= 11 is 11.8. The molecule has 7 heteroatoms. The van der Waals surface area contributed by atoms with E-state index in [9.17, 15) is 9.59 Å². The predicted molar refractivity (Wildman–Crippen MR) is 74.2 cm³/mol. The maximum absolute atomic E-state index is 11.5. The standard InChI is InChI=1S/C11H9Br2ClO4/c1-2-17-11(16)6-3-7(12)10(8(13)4-6)18-9(15)5-14/h3-4H,2,5H2,1H3. The molecule has 0 atom stereocenters. The van der Waals surface area contributed by atoms with Crippen LogP contribution in [0.25, 0.3) is 0 Å². The van der Waals surface area contributed by atoms with Crippen LogP contribution in [0.15, 0.2) is 21.1 Å². The number of carbonyl (C=O) groups excluding carboxylic acids is 2. The molecule has 0 aliphatic rings. The van der Waals surface area contributed by atoms with Crippen LogP contribution in [0.1, 0.15) is 17.3 Å². The lowest BCUT2D eigenvalue weighted by Crippen LogP contribution is -2.11. The third-order valence-corrected chi connectivity index (χ3v) is 3.23. The molecule has 0 bridgehead atoms. The maximum atomic E-state index is 11.5. The summed E-state index contributed by atoms with van der Waals surface area (Å²) in [7, 11) is 0. The molecule has 0 radical (unpaired) electrons. The molecule has 18 heavy (non-hydrogen) atoms. The topological polar surface area (TPSA) is 52.6 Å². The van der Waals surface area contributed by atoms with Gasteiger partial charge in [-0.3, -0.25) is 4.79 Å². The fraction of sp³-hybridized carbons (Fsp3) is 0.273. The van der Waals surface area contributed by atoms with Crippen molar-refractivity contribution in [3.63, 3.8) is 0 Å². The van der Waals surface area contributed by atoms with E-state index in [1.54, 1.807) is 6.92 Å². The first-order valence-electron chi connectivity index (χ1n) is 4.92. The van der Waals surface area contributed by atoms with Gasteiger partial charge in [0.2, 0.25) is 0 Å². The van der Waals surface area contributed by atoms with Gasteiger partial charge in [0, 0.05) is 0 Å². The largest absolute Gasteiger partial charge is 0.462 e. The predicted octanol–water partition coefficient (Wildman–Crippen LogP) is 3.53. The average Bonchev–Trinajstić information content (AvgIpc) is 2.33. The van der Waals surface area contributed by atoms with Crippen molar-refractivity contribution in [3.05, 3.63) is 26.6 Å². The first kappa shape index (κ1) is 15.5. The van der Waals surface area contributed by atoms with Gasteiger partial charge in [0.05, 0.1) is 21.1 Å². The van der Waals surface area contributed by atoms with Gasteiger partial charge < -0.3 is 9.47 Å². The van der Waals surface area contributed by atoms with Crippen LogP contribution in [0, 0.1) is 0 Å². The fourth-order valence-corrected chi connectivity index (χ4v) is 2.53. The van der Waals surface area contributed by atoms with Gasteiger partial charge in [0.15, 0.2) is 5.75 Å². The minimum Gasteiger partial charge on any atom is -0.462 e.